The van der Waals surface area contributed by atoms with E-state index in [1.165, 1.54) is 70.6 Å². The molecule has 30 heavy (non-hydrogen) atoms. The zero-order valence-electron chi connectivity index (χ0n) is 20.3. The van der Waals surface area contributed by atoms with Gasteiger partial charge in [0, 0.05) is 6.42 Å². The highest BCUT2D eigenvalue weighted by Crippen LogP contribution is 2.13. The van der Waals surface area contributed by atoms with Gasteiger partial charge in [-0.2, -0.15) is 0 Å². The van der Waals surface area contributed by atoms with Crippen LogP contribution < -0.4 is 0 Å². The Kier molecular flexibility index (Phi) is 24.1. The molecule has 0 fully saturated rings. The molecule has 0 amide bonds. The first-order chi connectivity index (χ1) is 14.7. The predicted octanol–water partition coefficient (Wildman–Crippen LogP) is 6.47. The predicted molar refractivity (Wildman–Crippen MR) is 124 cm³/mol. The summed E-state index contributed by atoms with van der Waals surface area (Å²) in [6, 6.07) is 0. The molecule has 0 bridgehead atoms. The van der Waals surface area contributed by atoms with Crippen LogP contribution in [-0.4, -0.2) is 51.7 Å². The fourth-order valence-corrected chi connectivity index (χ4v) is 3.24. The second kappa shape index (κ2) is 24.6. The maximum atomic E-state index is 11.7. The molecule has 0 saturated heterocycles. The summed E-state index contributed by atoms with van der Waals surface area (Å²) in [5, 5.41) is 0. The van der Waals surface area contributed by atoms with Gasteiger partial charge >= 0.3 is 5.97 Å². The molecule has 0 rings (SSSR count). The van der Waals surface area contributed by atoms with Gasteiger partial charge in [-0.1, -0.05) is 84.0 Å². The lowest BCUT2D eigenvalue weighted by Gasteiger charge is -2.09. The SMILES string of the molecule is CCCCCCCCCCCCCCCC(=O)OCCOCCOCCOC(C)C. The highest BCUT2D eigenvalue weighted by atomic mass is 16.6. The zero-order valence-corrected chi connectivity index (χ0v) is 20.3. The van der Waals surface area contributed by atoms with E-state index in [4.69, 9.17) is 18.9 Å². The van der Waals surface area contributed by atoms with Gasteiger partial charge in [0.1, 0.15) is 6.61 Å². The minimum absolute atomic E-state index is 0.108. The Bertz CT molecular complexity index is 346. The van der Waals surface area contributed by atoms with Crippen LogP contribution in [0.2, 0.25) is 0 Å². The Morgan fingerprint density at radius 3 is 1.53 bits per heavy atom. The van der Waals surface area contributed by atoms with E-state index in [1.54, 1.807) is 0 Å². The van der Waals surface area contributed by atoms with Crippen LogP contribution in [-0.2, 0) is 23.7 Å². The summed E-state index contributed by atoms with van der Waals surface area (Å²) in [6.45, 7) is 9.26. The number of hydrogen-bond donors (Lipinski definition) is 0. The molecule has 0 aliphatic rings. The third-order valence-electron chi connectivity index (χ3n) is 5.03. The third-order valence-corrected chi connectivity index (χ3v) is 5.03. The average molecular weight is 431 g/mol. The number of carbonyl (C=O) groups excluding carboxylic acids is 1. The smallest absolute Gasteiger partial charge is 0.305 e. The van der Waals surface area contributed by atoms with E-state index in [2.05, 4.69) is 6.92 Å². The van der Waals surface area contributed by atoms with Crippen molar-refractivity contribution in [1.29, 1.82) is 0 Å². The molecule has 0 saturated carbocycles. The second-order valence-corrected chi connectivity index (χ2v) is 8.36. The van der Waals surface area contributed by atoms with Gasteiger partial charge < -0.3 is 18.9 Å². The van der Waals surface area contributed by atoms with Crippen LogP contribution in [0.1, 0.15) is 111 Å². The zero-order chi connectivity index (χ0) is 22.1. The summed E-state index contributed by atoms with van der Waals surface area (Å²) >= 11 is 0. The average Bonchev–Trinajstić information content (AvgIpc) is 2.72. The molecule has 0 N–H and O–H groups in total. The Morgan fingerprint density at radius 2 is 1.03 bits per heavy atom. The van der Waals surface area contributed by atoms with Gasteiger partial charge in [-0.3, -0.25) is 4.79 Å². The normalized spacial score (nSPS) is 11.3. The first kappa shape index (κ1) is 29.4. The number of ether oxygens (including phenoxy) is 4. The fourth-order valence-electron chi connectivity index (χ4n) is 3.24. The van der Waals surface area contributed by atoms with E-state index < -0.39 is 0 Å². The molecule has 0 spiro atoms. The summed E-state index contributed by atoms with van der Waals surface area (Å²) in [5.74, 6) is -0.108. The molecule has 5 nitrogen and oxygen atoms in total. The van der Waals surface area contributed by atoms with Crippen molar-refractivity contribution >= 4 is 5.97 Å². The number of unbranched alkanes of at least 4 members (excludes halogenated alkanes) is 12. The van der Waals surface area contributed by atoms with Crippen molar-refractivity contribution in [2.24, 2.45) is 0 Å². The van der Waals surface area contributed by atoms with Crippen molar-refractivity contribution in [3.8, 4) is 0 Å². The van der Waals surface area contributed by atoms with E-state index in [0.29, 0.717) is 46.1 Å². The Balaban J connectivity index is 3.15. The first-order valence-electron chi connectivity index (χ1n) is 12.6. The van der Waals surface area contributed by atoms with Crippen LogP contribution in [0.15, 0.2) is 0 Å². The number of esters is 1. The molecular weight excluding hydrogens is 380 g/mol. The van der Waals surface area contributed by atoms with Crippen LogP contribution in [0.5, 0.6) is 0 Å². The molecule has 0 aromatic carbocycles. The summed E-state index contributed by atoms with van der Waals surface area (Å²) in [5.41, 5.74) is 0. The van der Waals surface area contributed by atoms with Crippen molar-refractivity contribution < 1.29 is 23.7 Å². The topological polar surface area (TPSA) is 54.0 Å². The Morgan fingerprint density at radius 1 is 0.600 bits per heavy atom. The molecule has 0 aromatic rings. The Hall–Kier alpha value is -0.650. The minimum Gasteiger partial charge on any atom is -0.463 e. The lowest BCUT2D eigenvalue weighted by Crippen LogP contribution is -2.14. The van der Waals surface area contributed by atoms with Crippen molar-refractivity contribution in [3.05, 3.63) is 0 Å². The molecular formula is C25H50O5. The highest BCUT2D eigenvalue weighted by molar-refractivity contribution is 5.69. The minimum atomic E-state index is -0.108. The van der Waals surface area contributed by atoms with E-state index in [1.807, 2.05) is 13.8 Å². The van der Waals surface area contributed by atoms with Crippen LogP contribution in [0, 0.1) is 0 Å². The van der Waals surface area contributed by atoms with Crippen LogP contribution in [0.25, 0.3) is 0 Å². The number of carbonyl (C=O) groups is 1. The van der Waals surface area contributed by atoms with Gasteiger partial charge in [-0.15, -0.1) is 0 Å². The Labute approximate surface area is 186 Å². The summed E-state index contributed by atoms with van der Waals surface area (Å²) in [4.78, 5) is 11.7. The lowest BCUT2D eigenvalue weighted by atomic mass is 10.0. The molecule has 0 unspecified atom stereocenters. The van der Waals surface area contributed by atoms with E-state index in [9.17, 15) is 4.79 Å². The maximum absolute atomic E-state index is 11.7. The lowest BCUT2D eigenvalue weighted by molar-refractivity contribution is -0.145. The van der Waals surface area contributed by atoms with Crippen molar-refractivity contribution in [3.63, 3.8) is 0 Å². The van der Waals surface area contributed by atoms with Crippen LogP contribution in [0.3, 0.4) is 0 Å². The van der Waals surface area contributed by atoms with Gasteiger partial charge in [0.05, 0.1) is 39.1 Å². The quantitative estimate of drug-likeness (QED) is 0.130. The second-order valence-electron chi connectivity index (χ2n) is 8.36. The number of hydrogen-bond acceptors (Lipinski definition) is 5. The summed E-state index contributed by atoms with van der Waals surface area (Å²) in [7, 11) is 0. The largest absolute Gasteiger partial charge is 0.463 e. The molecule has 0 aliphatic carbocycles. The first-order valence-corrected chi connectivity index (χ1v) is 12.6. The summed E-state index contributed by atoms with van der Waals surface area (Å²) < 4.78 is 21.3. The van der Waals surface area contributed by atoms with Gasteiger partial charge in [0.25, 0.3) is 0 Å². The molecule has 0 heterocycles. The molecule has 0 aliphatic heterocycles. The number of rotatable bonds is 24. The molecule has 0 aromatic heterocycles. The molecule has 180 valence electrons. The van der Waals surface area contributed by atoms with Crippen molar-refractivity contribution in [2.75, 3.05) is 39.6 Å². The fraction of sp³-hybridized carbons (Fsp3) is 0.960. The van der Waals surface area contributed by atoms with Crippen LogP contribution >= 0.6 is 0 Å². The molecule has 5 heteroatoms. The van der Waals surface area contributed by atoms with Crippen molar-refractivity contribution in [2.45, 2.75) is 117 Å². The molecule has 0 radical (unpaired) electrons. The van der Waals surface area contributed by atoms with E-state index >= 15 is 0 Å². The van der Waals surface area contributed by atoms with Gasteiger partial charge in [-0.25, -0.2) is 0 Å². The van der Waals surface area contributed by atoms with Gasteiger partial charge in [0.2, 0.25) is 0 Å². The molecule has 0 atom stereocenters. The van der Waals surface area contributed by atoms with Gasteiger partial charge in [0.15, 0.2) is 0 Å². The standard InChI is InChI=1S/C25H50O5/c1-4-5-6-7-8-9-10-11-12-13-14-15-16-17-25(26)30-23-21-28-19-18-27-20-22-29-24(2)3/h24H,4-23H2,1-3H3. The third kappa shape index (κ3) is 25.4. The highest BCUT2D eigenvalue weighted by Gasteiger charge is 2.02. The van der Waals surface area contributed by atoms with Crippen LogP contribution in [0.4, 0.5) is 0 Å². The van der Waals surface area contributed by atoms with Gasteiger partial charge in [-0.05, 0) is 20.3 Å². The van der Waals surface area contributed by atoms with E-state index in [-0.39, 0.29) is 12.1 Å². The maximum Gasteiger partial charge on any atom is 0.305 e. The monoisotopic (exact) mass is 430 g/mol. The van der Waals surface area contributed by atoms with Crippen molar-refractivity contribution in [1.82, 2.24) is 0 Å². The van der Waals surface area contributed by atoms with E-state index in [0.717, 1.165) is 12.8 Å². The summed E-state index contributed by atoms with van der Waals surface area (Å²) in [6.07, 6.45) is 17.8.